The van der Waals surface area contributed by atoms with Crippen molar-refractivity contribution in [3.8, 4) is 0 Å². The van der Waals surface area contributed by atoms with E-state index in [4.69, 9.17) is 17.3 Å². The van der Waals surface area contributed by atoms with Gasteiger partial charge in [-0.2, -0.15) is 5.10 Å². The Labute approximate surface area is 117 Å². The molecule has 0 spiro atoms. The topological polar surface area (TPSA) is 76.2 Å². The van der Waals surface area contributed by atoms with E-state index in [1.165, 1.54) is 4.68 Å². The molecule has 0 aliphatic heterocycles. The van der Waals surface area contributed by atoms with E-state index >= 15 is 0 Å². The maximum absolute atomic E-state index is 12.0. The van der Waals surface area contributed by atoms with E-state index in [1.54, 1.807) is 6.20 Å². The van der Waals surface area contributed by atoms with Gasteiger partial charge in [0.2, 0.25) is 0 Å². The molecule has 0 amide bonds. The second-order valence-electron chi connectivity index (χ2n) is 5.28. The lowest BCUT2D eigenvalue weighted by Crippen LogP contribution is -2.44. The van der Waals surface area contributed by atoms with Gasteiger partial charge in [-0.05, 0) is 26.9 Å². The molecule has 1 fully saturated rings. The van der Waals surface area contributed by atoms with Gasteiger partial charge in [0.1, 0.15) is 5.02 Å². The van der Waals surface area contributed by atoms with Crippen LogP contribution in [0.15, 0.2) is 11.0 Å². The van der Waals surface area contributed by atoms with Gasteiger partial charge in [-0.1, -0.05) is 11.6 Å². The van der Waals surface area contributed by atoms with Crippen molar-refractivity contribution < 1.29 is 0 Å². The summed E-state index contributed by atoms with van der Waals surface area (Å²) in [6, 6.07) is 0.552. The summed E-state index contributed by atoms with van der Waals surface area (Å²) in [5.74, 6) is 0. The zero-order valence-electron chi connectivity index (χ0n) is 11.3. The quantitative estimate of drug-likeness (QED) is 0.817. The molecule has 1 aromatic heterocycles. The summed E-state index contributed by atoms with van der Waals surface area (Å²) in [7, 11) is 3.89. The summed E-state index contributed by atoms with van der Waals surface area (Å²) >= 11 is 6.09. The number of halogens is 1. The van der Waals surface area contributed by atoms with Crippen LogP contribution < -0.4 is 16.6 Å². The summed E-state index contributed by atoms with van der Waals surface area (Å²) in [6.07, 6.45) is 3.42. The van der Waals surface area contributed by atoms with Crippen molar-refractivity contribution in [2.75, 3.05) is 26.0 Å². The highest BCUT2D eigenvalue weighted by Gasteiger charge is 2.26. The summed E-state index contributed by atoms with van der Waals surface area (Å²) in [6.45, 7) is 1.27. The standard InChI is InChI=1S/C12H20ClN5O/c1-17(2)3-4-18-12(19)11(13)10(7-15-18)16-9-5-8(14)6-9/h7-9,16H,3-6,14H2,1-2H3. The molecule has 0 saturated heterocycles. The fourth-order valence-electron chi connectivity index (χ4n) is 2.02. The minimum atomic E-state index is -0.253. The Morgan fingerprint density at radius 2 is 2.26 bits per heavy atom. The van der Waals surface area contributed by atoms with Crippen LogP contribution in [0.4, 0.5) is 5.69 Å². The van der Waals surface area contributed by atoms with E-state index in [9.17, 15) is 4.79 Å². The number of nitrogens with zero attached hydrogens (tertiary/aromatic N) is 3. The van der Waals surface area contributed by atoms with Crippen molar-refractivity contribution in [3.05, 3.63) is 21.6 Å². The molecule has 19 heavy (non-hydrogen) atoms. The number of hydrogen-bond acceptors (Lipinski definition) is 5. The average Bonchev–Trinajstić information content (AvgIpc) is 2.31. The maximum Gasteiger partial charge on any atom is 0.287 e. The Bertz CT molecular complexity index is 495. The number of nitrogens with one attached hydrogen (secondary N) is 1. The minimum absolute atomic E-state index is 0.203. The number of nitrogens with two attached hydrogens (primary N) is 1. The summed E-state index contributed by atoms with van der Waals surface area (Å²) in [5.41, 5.74) is 6.07. The van der Waals surface area contributed by atoms with Gasteiger partial charge in [-0.3, -0.25) is 4.79 Å². The van der Waals surface area contributed by atoms with Crippen LogP contribution in [-0.2, 0) is 6.54 Å². The van der Waals surface area contributed by atoms with Gasteiger partial charge in [0, 0.05) is 18.6 Å². The molecule has 0 atom stereocenters. The van der Waals surface area contributed by atoms with Crippen LogP contribution in [-0.4, -0.2) is 47.4 Å². The molecule has 0 radical (unpaired) electrons. The van der Waals surface area contributed by atoms with Crippen molar-refractivity contribution in [3.63, 3.8) is 0 Å². The molecular formula is C12H20ClN5O. The van der Waals surface area contributed by atoms with Crippen LogP contribution in [0.25, 0.3) is 0 Å². The van der Waals surface area contributed by atoms with Gasteiger partial charge in [-0.15, -0.1) is 0 Å². The number of likely N-dealkylation sites (N-methyl/N-ethyl adjacent to an activating group) is 1. The van der Waals surface area contributed by atoms with E-state index in [1.807, 2.05) is 19.0 Å². The maximum atomic E-state index is 12.0. The third-order valence-electron chi connectivity index (χ3n) is 3.28. The normalized spacial score (nSPS) is 22.4. The van der Waals surface area contributed by atoms with Gasteiger partial charge < -0.3 is 16.0 Å². The molecule has 6 nitrogen and oxygen atoms in total. The molecule has 1 aliphatic carbocycles. The first-order valence-corrected chi connectivity index (χ1v) is 6.77. The first-order chi connectivity index (χ1) is 8.97. The molecule has 1 aromatic rings. The van der Waals surface area contributed by atoms with Crippen molar-refractivity contribution in [1.82, 2.24) is 14.7 Å². The van der Waals surface area contributed by atoms with E-state index < -0.39 is 0 Å². The van der Waals surface area contributed by atoms with E-state index in [0.717, 1.165) is 19.4 Å². The lowest BCUT2D eigenvalue weighted by atomic mass is 9.87. The molecule has 3 N–H and O–H groups in total. The molecule has 0 bridgehead atoms. The molecular weight excluding hydrogens is 266 g/mol. The fraction of sp³-hybridized carbons (Fsp3) is 0.667. The lowest BCUT2D eigenvalue weighted by molar-refractivity contribution is 0.366. The largest absolute Gasteiger partial charge is 0.380 e. The second kappa shape index (κ2) is 5.90. The number of anilines is 1. The molecule has 1 saturated carbocycles. The van der Waals surface area contributed by atoms with Gasteiger partial charge >= 0.3 is 0 Å². The summed E-state index contributed by atoms with van der Waals surface area (Å²) in [5, 5.41) is 7.56. The summed E-state index contributed by atoms with van der Waals surface area (Å²) < 4.78 is 1.39. The Morgan fingerprint density at radius 1 is 1.58 bits per heavy atom. The Hall–Kier alpha value is -1.11. The second-order valence-corrected chi connectivity index (χ2v) is 5.65. The van der Waals surface area contributed by atoms with Crippen molar-refractivity contribution in [1.29, 1.82) is 0 Å². The van der Waals surface area contributed by atoms with Gasteiger partial charge in [-0.25, -0.2) is 4.68 Å². The van der Waals surface area contributed by atoms with Crippen molar-refractivity contribution in [2.24, 2.45) is 5.73 Å². The lowest BCUT2D eigenvalue weighted by Gasteiger charge is -2.33. The molecule has 0 aromatic carbocycles. The van der Waals surface area contributed by atoms with Crippen LogP contribution in [0.2, 0.25) is 5.02 Å². The van der Waals surface area contributed by atoms with Crippen LogP contribution in [0, 0.1) is 0 Å². The SMILES string of the molecule is CN(C)CCn1ncc(NC2CC(N)C2)c(Cl)c1=O. The molecule has 1 heterocycles. The summed E-state index contributed by atoms with van der Waals surface area (Å²) in [4.78, 5) is 14.0. The van der Waals surface area contributed by atoms with Crippen molar-refractivity contribution in [2.45, 2.75) is 31.5 Å². The number of aromatic nitrogens is 2. The predicted octanol–water partition coefficient (Wildman–Crippen LogP) is 0.360. The number of hydrogen-bond donors (Lipinski definition) is 2. The first-order valence-electron chi connectivity index (χ1n) is 6.40. The predicted molar refractivity (Wildman–Crippen MR) is 76.7 cm³/mol. The average molecular weight is 286 g/mol. The van der Waals surface area contributed by atoms with Gasteiger partial charge in [0.05, 0.1) is 18.4 Å². The van der Waals surface area contributed by atoms with E-state index in [-0.39, 0.29) is 16.6 Å². The zero-order chi connectivity index (χ0) is 14.0. The van der Waals surface area contributed by atoms with Crippen LogP contribution in [0.1, 0.15) is 12.8 Å². The third kappa shape index (κ3) is 3.46. The van der Waals surface area contributed by atoms with Crippen LogP contribution in [0.5, 0.6) is 0 Å². The zero-order valence-corrected chi connectivity index (χ0v) is 12.0. The highest BCUT2D eigenvalue weighted by Crippen LogP contribution is 2.24. The van der Waals surface area contributed by atoms with Crippen LogP contribution >= 0.6 is 11.6 Å². The molecule has 0 unspecified atom stereocenters. The van der Waals surface area contributed by atoms with Gasteiger partial charge in [0.25, 0.3) is 5.56 Å². The highest BCUT2D eigenvalue weighted by molar-refractivity contribution is 6.32. The third-order valence-corrected chi connectivity index (χ3v) is 3.64. The van der Waals surface area contributed by atoms with E-state index in [2.05, 4.69) is 10.4 Å². The van der Waals surface area contributed by atoms with Crippen molar-refractivity contribution >= 4 is 17.3 Å². The highest BCUT2D eigenvalue weighted by atomic mass is 35.5. The number of rotatable bonds is 5. The molecule has 1 aliphatic rings. The first kappa shape index (κ1) is 14.3. The molecule has 2 rings (SSSR count). The van der Waals surface area contributed by atoms with E-state index in [0.29, 0.717) is 18.3 Å². The molecule has 7 heteroatoms. The smallest absolute Gasteiger partial charge is 0.287 e. The fourth-order valence-corrected chi connectivity index (χ4v) is 2.22. The Kier molecular flexibility index (Phi) is 4.44. The monoisotopic (exact) mass is 285 g/mol. The Morgan fingerprint density at radius 3 is 2.84 bits per heavy atom. The Balaban J connectivity index is 2.06. The minimum Gasteiger partial charge on any atom is -0.380 e. The molecule has 106 valence electrons. The van der Waals surface area contributed by atoms with Crippen LogP contribution in [0.3, 0.4) is 0 Å². The van der Waals surface area contributed by atoms with Gasteiger partial charge in [0.15, 0.2) is 0 Å².